The monoisotopic (exact) mass is 220 g/mol. The Hall–Kier alpha value is -1.85. The molecule has 0 fully saturated rings. The third-order valence-corrected chi connectivity index (χ3v) is 1.06. The van der Waals surface area contributed by atoms with Gasteiger partial charge in [-0.3, -0.25) is 5.48 Å². The molecule has 0 aliphatic rings. The first-order chi connectivity index (χ1) is 6.99. The van der Waals surface area contributed by atoms with Crippen LogP contribution in [0.5, 0.6) is 0 Å². The summed E-state index contributed by atoms with van der Waals surface area (Å²) in [6, 6.07) is 7.82. The lowest BCUT2D eigenvalue weighted by atomic mass is 10.3. The molecule has 15 heavy (non-hydrogen) atoms. The van der Waals surface area contributed by atoms with Crippen LogP contribution >= 0.6 is 0 Å². The molecular weight excluding hydrogens is 213 g/mol. The highest BCUT2D eigenvalue weighted by Gasteiger charge is 2.29. The maximum absolute atomic E-state index is 11.5. The normalized spacial score (nSPS) is 9.53. The Labute approximate surface area is 83.1 Å². The van der Waals surface area contributed by atoms with Gasteiger partial charge < -0.3 is 0 Å². The van der Waals surface area contributed by atoms with Gasteiger partial charge in [0.25, 0.3) is 0 Å². The second-order valence-electron chi connectivity index (χ2n) is 2.12. The average molecular weight is 220 g/mol. The fraction of sp³-hybridized carbons (Fsp3) is 0.125. The van der Waals surface area contributed by atoms with Gasteiger partial charge in [-0.1, -0.05) is 18.2 Å². The Morgan fingerprint density at radius 2 is 1.73 bits per heavy atom. The Morgan fingerprint density at radius 1 is 1.27 bits per heavy atom. The van der Waals surface area contributed by atoms with Crippen molar-refractivity contribution in [3.63, 3.8) is 0 Å². The van der Waals surface area contributed by atoms with Crippen LogP contribution in [-0.4, -0.2) is 12.4 Å². The summed E-state index contributed by atoms with van der Waals surface area (Å²) in [7, 11) is 0. The fourth-order valence-electron chi connectivity index (χ4n) is 0.623. The van der Waals surface area contributed by atoms with Gasteiger partial charge in [0.1, 0.15) is 0 Å². The molecule has 1 aromatic rings. The van der Waals surface area contributed by atoms with Crippen LogP contribution in [0, 0.1) is 5.41 Å². The van der Waals surface area contributed by atoms with Crippen molar-refractivity contribution in [2.75, 3.05) is 5.48 Å². The Kier molecular flexibility index (Phi) is 5.77. The molecule has 0 aromatic heterocycles. The molecule has 0 aliphatic carbocycles. The average Bonchev–Trinajstić information content (AvgIpc) is 2.17. The van der Waals surface area contributed by atoms with Crippen LogP contribution < -0.4 is 5.48 Å². The number of hydrogen-bond acceptors (Lipinski definition) is 4. The van der Waals surface area contributed by atoms with E-state index < -0.39 is 6.36 Å². The van der Waals surface area contributed by atoms with Gasteiger partial charge in [-0.2, -0.15) is 4.84 Å². The van der Waals surface area contributed by atoms with Gasteiger partial charge >= 0.3 is 6.36 Å². The predicted octanol–water partition coefficient (Wildman–Crippen LogP) is 2.45. The standard InChI is InChI=1S/C7H6F3NO.CHNO/c8-7(9,10)12-11-6-4-2-1-3-5-6;2-1-3/h1-5,11H;2H. The number of benzene rings is 1. The van der Waals surface area contributed by atoms with Crippen molar-refractivity contribution < 1.29 is 22.8 Å². The first-order valence-electron chi connectivity index (χ1n) is 3.59. The van der Waals surface area contributed by atoms with Crippen molar-refractivity contribution in [1.29, 1.82) is 5.41 Å². The van der Waals surface area contributed by atoms with Crippen LogP contribution in [0.3, 0.4) is 0 Å². The number of carbonyl (C=O) groups excluding carboxylic acids is 1. The third kappa shape index (κ3) is 8.48. The maximum Gasteiger partial charge on any atom is 0.543 e. The largest absolute Gasteiger partial charge is 0.543 e. The highest BCUT2D eigenvalue weighted by molar-refractivity contribution is 5.39. The molecule has 1 aromatic carbocycles. The highest BCUT2D eigenvalue weighted by Crippen LogP contribution is 2.17. The van der Waals surface area contributed by atoms with E-state index in [0.29, 0.717) is 0 Å². The number of hydrogen-bond donors (Lipinski definition) is 2. The summed E-state index contributed by atoms with van der Waals surface area (Å²) in [6.07, 6.45) is -3.91. The summed E-state index contributed by atoms with van der Waals surface area (Å²) >= 11 is 0. The van der Waals surface area contributed by atoms with Crippen LogP contribution in [0.4, 0.5) is 18.9 Å². The molecule has 0 saturated heterocycles. The minimum absolute atomic E-state index is 0.259. The molecule has 0 amide bonds. The molecule has 7 heteroatoms. The van der Waals surface area contributed by atoms with E-state index in [1.165, 1.54) is 12.1 Å². The van der Waals surface area contributed by atoms with E-state index in [1.807, 2.05) is 0 Å². The van der Waals surface area contributed by atoms with Crippen molar-refractivity contribution in [2.45, 2.75) is 6.36 Å². The van der Waals surface area contributed by atoms with Gasteiger partial charge in [-0.05, 0) is 12.1 Å². The van der Waals surface area contributed by atoms with Crippen LogP contribution in [0.15, 0.2) is 30.3 Å². The van der Waals surface area contributed by atoms with E-state index in [9.17, 15) is 13.2 Å². The van der Waals surface area contributed by atoms with Gasteiger partial charge in [0, 0.05) is 0 Å². The topological polar surface area (TPSA) is 62.2 Å². The fourth-order valence-corrected chi connectivity index (χ4v) is 0.623. The zero-order valence-electron chi connectivity index (χ0n) is 7.34. The number of halogens is 3. The Morgan fingerprint density at radius 3 is 2.13 bits per heavy atom. The predicted molar refractivity (Wildman–Crippen MR) is 45.6 cm³/mol. The van der Waals surface area contributed by atoms with Crippen LogP contribution in [0.25, 0.3) is 0 Å². The first kappa shape index (κ1) is 13.2. The number of isocyanates is 1. The molecule has 82 valence electrons. The van der Waals surface area contributed by atoms with Gasteiger partial charge in [-0.25, -0.2) is 10.2 Å². The van der Waals surface area contributed by atoms with Crippen LogP contribution in [-0.2, 0) is 9.63 Å². The van der Waals surface area contributed by atoms with E-state index in [1.54, 1.807) is 23.7 Å². The van der Waals surface area contributed by atoms with Gasteiger partial charge in [0.2, 0.25) is 6.08 Å². The third-order valence-electron chi connectivity index (χ3n) is 1.06. The van der Waals surface area contributed by atoms with E-state index in [2.05, 4.69) is 4.84 Å². The lowest BCUT2D eigenvalue weighted by Crippen LogP contribution is -2.17. The molecule has 0 atom stereocenters. The second-order valence-corrected chi connectivity index (χ2v) is 2.12. The summed E-state index contributed by atoms with van der Waals surface area (Å²) in [4.78, 5) is 11.7. The molecule has 4 nitrogen and oxygen atoms in total. The van der Waals surface area contributed by atoms with E-state index in [-0.39, 0.29) is 5.69 Å². The molecule has 0 saturated carbocycles. The number of alkyl halides is 3. The van der Waals surface area contributed by atoms with Gasteiger partial charge in [-0.15, -0.1) is 13.2 Å². The smallest absolute Gasteiger partial charge is 0.258 e. The maximum atomic E-state index is 11.5. The summed E-state index contributed by atoms with van der Waals surface area (Å²) in [6.45, 7) is 0. The van der Waals surface area contributed by atoms with Crippen molar-refractivity contribution in [3.8, 4) is 0 Å². The zero-order valence-corrected chi connectivity index (χ0v) is 7.34. The van der Waals surface area contributed by atoms with Crippen molar-refractivity contribution >= 4 is 11.8 Å². The van der Waals surface area contributed by atoms with Crippen molar-refractivity contribution in [3.05, 3.63) is 30.3 Å². The molecule has 1 rings (SSSR count). The summed E-state index contributed by atoms with van der Waals surface area (Å²) in [5, 5.41) is 5.40. The SMILES string of the molecule is FC(F)(F)ONc1ccccc1.N=C=O. The molecule has 0 aliphatic heterocycles. The lowest BCUT2D eigenvalue weighted by Gasteiger charge is -2.08. The van der Waals surface area contributed by atoms with Crippen LogP contribution in [0.1, 0.15) is 0 Å². The summed E-state index contributed by atoms with van der Waals surface area (Å²) < 4.78 is 34.4. The summed E-state index contributed by atoms with van der Waals surface area (Å²) in [5.41, 5.74) is 2.02. The van der Waals surface area contributed by atoms with E-state index in [0.717, 1.165) is 6.08 Å². The molecule has 0 spiro atoms. The number of para-hydroxylation sites is 1. The Balaban J connectivity index is 0.000000583. The minimum Gasteiger partial charge on any atom is -0.258 e. The van der Waals surface area contributed by atoms with Crippen molar-refractivity contribution in [1.82, 2.24) is 0 Å². The zero-order chi connectivity index (χ0) is 11.7. The molecule has 0 bridgehead atoms. The van der Waals surface area contributed by atoms with Crippen molar-refractivity contribution in [2.24, 2.45) is 0 Å². The number of rotatable bonds is 2. The number of nitrogens with one attached hydrogen (secondary N) is 2. The highest BCUT2D eigenvalue weighted by atomic mass is 19.4. The van der Waals surface area contributed by atoms with E-state index in [4.69, 9.17) is 10.2 Å². The molecular formula is C8H7F3N2O2. The van der Waals surface area contributed by atoms with Gasteiger partial charge in [0.15, 0.2) is 0 Å². The first-order valence-corrected chi connectivity index (χ1v) is 3.59. The number of anilines is 1. The van der Waals surface area contributed by atoms with Crippen LogP contribution in [0.2, 0.25) is 0 Å². The molecule has 0 heterocycles. The molecule has 0 unspecified atom stereocenters. The second kappa shape index (κ2) is 6.58. The molecule has 0 radical (unpaired) electrons. The minimum atomic E-state index is -4.66. The quantitative estimate of drug-likeness (QED) is 0.457. The molecule has 2 N–H and O–H groups in total. The van der Waals surface area contributed by atoms with Gasteiger partial charge in [0.05, 0.1) is 5.69 Å². The van der Waals surface area contributed by atoms with E-state index >= 15 is 0 Å². The summed E-state index contributed by atoms with van der Waals surface area (Å²) in [5.74, 6) is 0. The lowest BCUT2D eigenvalue weighted by molar-refractivity contribution is -0.311. The Bertz CT molecular complexity index is 307.